The number of nitrogens with zero attached hydrogens (tertiary/aromatic N) is 2. The van der Waals surface area contributed by atoms with Crippen molar-refractivity contribution in [1.29, 1.82) is 0 Å². The number of nitrogens with one attached hydrogen (secondary N) is 1. The van der Waals surface area contributed by atoms with E-state index in [0.717, 1.165) is 29.0 Å². The summed E-state index contributed by atoms with van der Waals surface area (Å²) in [5, 5.41) is 3.15. The molecule has 0 unspecified atom stereocenters. The Kier molecular flexibility index (Phi) is 4.19. The van der Waals surface area contributed by atoms with Crippen LogP contribution in [0, 0.1) is 6.92 Å². The van der Waals surface area contributed by atoms with Gasteiger partial charge >= 0.3 is 0 Å². The summed E-state index contributed by atoms with van der Waals surface area (Å²) in [4.78, 5) is 4.72. The van der Waals surface area contributed by atoms with Crippen LogP contribution in [0.25, 0.3) is 11.3 Å². The van der Waals surface area contributed by atoms with Crippen molar-refractivity contribution in [3.05, 3.63) is 40.3 Å². The molecule has 1 heterocycles. The molecule has 0 aliphatic rings. The largest absolute Gasteiger partial charge is 0.337 e. The summed E-state index contributed by atoms with van der Waals surface area (Å²) in [6.45, 7) is 3.06. The molecule has 1 aromatic heterocycles. The van der Waals surface area contributed by atoms with Crippen molar-refractivity contribution in [1.82, 2.24) is 14.9 Å². The van der Waals surface area contributed by atoms with E-state index in [1.165, 1.54) is 11.1 Å². The van der Waals surface area contributed by atoms with Gasteiger partial charge in [0, 0.05) is 36.2 Å². The van der Waals surface area contributed by atoms with Crippen LogP contribution in [0.5, 0.6) is 0 Å². The van der Waals surface area contributed by atoms with E-state index < -0.39 is 0 Å². The third-order valence-corrected chi connectivity index (χ3v) is 3.54. The highest BCUT2D eigenvalue weighted by Gasteiger charge is 2.09. The number of aromatic nitrogens is 2. The summed E-state index contributed by atoms with van der Waals surface area (Å²) in [7, 11) is 4.01. The van der Waals surface area contributed by atoms with Gasteiger partial charge in [-0.05, 0) is 31.7 Å². The van der Waals surface area contributed by atoms with E-state index in [-0.39, 0.29) is 0 Å². The average Bonchev–Trinajstić information content (AvgIpc) is 2.71. The van der Waals surface area contributed by atoms with Crippen molar-refractivity contribution in [3.8, 4) is 11.3 Å². The molecule has 0 atom stereocenters. The Morgan fingerprint density at radius 3 is 2.89 bits per heavy atom. The maximum absolute atomic E-state index is 4.72. The number of halogens is 1. The van der Waals surface area contributed by atoms with Crippen LogP contribution < -0.4 is 5.32 Å². The molecule has 4 heteroatoms. The van der Waals surface area contributed by atoms with Crippen LogP contribution in [0.3, 0.4) is 0 Å². The van der Waals surface area contributed by atoms with E-state index in [1.807, 2.05) is 7.05 Å². The van der Waals surface area contributed by atoms with Crippen molar-refractivity contribution < 1.29 is 0 Å². The molecule has 3 nitrogen and oxygen atoms in total. The second-order valence-corrected chi connectivity index (χ2v) is 5.38. The SMILES string of the molecule is CNCCc1nc(-c2cc(Br)ccc2C)cn1C. The van der Waals surface area contributed by atoms with Gasteiger partial charge in [0.2, 0.25) is 0 Å². The third-order valence-electron chi connectivity index (χ3n) is 3.05. The van der Waals surface area contributed by atoms with E-state index >= 15 is 0 Å². The first-order chi connectivity index (χ1) is 8.61. The highest BCUT2D eigenvalue weighted by atomic mass is 79.9. The quantitative estimate of drug-likeness (QED) is 0.941. The lowest BCUT2D eigenvalue weighted by Gasteiger charge is -2.02. The molecule has 96 valence electrons. The number of hydrogen-bond acceptors (Lipinski definition) is 2. The van der Waals surface area contributed by atoms with Gasteiger partial charge in [-0.3, -0.25) is 0 Å². The molecule has 0 aliphatic heterocycles. The predicted molar refractivity (Wildman–Crippen MR) is 78.7 cm³/mol. The van der Waals surface area contributed by atoms with Gasteiger partial charge in [-0.1, -0.05) is 22.0 Å². The van der Waals surface area contributed by atoms with E-state index in [1.54, 1.807) is 0 Å². The molecule has 0 aliphatic carbocycles. The maximum Gasteiger partial charge on any atom is 0.110 e. The standard InChI is InChI=1S/C14H18BrN3/c1-10-4-5-11(15)8-12(10)13-9-18(3)14(17-13)6-7-16-2/h4-5,8-9,16H,6-7H2,1-3H3. The molecule has 1 N–H and O–H groups in total. The number of benzene rings is 1. The zero-order valence-electron chi connectivity index (χ0n) is 11.0. The highest BCUT2D eigenvalue weighted by molar-refractivity contribution is 9.10. The van der Waals surface area contributed by atoms with Gasteiger partial charge in [-0.2, -0.15) is 0 Å². The summed E-state index contributed by atoms with van der Waals surface area (Å²) >= 11 is 3.52. The molecule has 0 saturated carbocycles. The van der Waals surface area contributed by atoms with E-state index in [0.29, 0.717) is 0 Å². The van der Waals surface area contributed by atoms with Crippen molar-refractivity contribution in [2.45, 2.75) is 13.3 Å². The minimum absolute atomic E-state index is 0.944. The Morgan fingerprint density at radius 1 is 1.39 bits per heavy atom. The summed E-state index contributed by atoms with van der Waals surface area (Å²) in [6, 6.07) is 6.30. The molecule has 0 radical (unpaired) electrons. The summed E-state index contributed by atoms with van der Waals surface area (Å²) < 4.78 is 3.19. The molecule has 0 spiro atoms. The molecular weight excluding hydrogens is 290 g/mol. The van der Waals surface area contributed by atoms with Crippen LogP contribution in [-0.4, -0.2) is 23.1 Å². The van der Waals surface area contributed by atoms with Crippen molar-refractivity contribution >= 4 is 15.9 Å². The Morgan fingerprint density at radius 2 is 2.17 bits per heavy atom. The Labute approximate surface area is 116 Å². The highest BCUT2D eigenvalue weighted by Crippen LogP contribution is 2.26. The zero-order chi connectivity index (χ0) is 13.1. The fourth-order valence-electron chi connectivity index (χ4n) is 1.97. The first kappa shape index (κ1) is 13.3. The Hall–Kier alpha value is -1.13. The van der Waals surface area contributed by atoms with Gasteiger partial charge in [0.15, 0.2) is 0 Å². The van der Waals surface area contributed by atoms with Crippen LogP contribution in [0.1, 0.15) is 11.4 Å². The summed E-state index contributed by atoms with van der Waals surface area (Å²) in [5.41, 5.74) is 3.48. The van der Waals surface area contributed by atoms with E-state index in [2.05, 4.69) is 64.2 Å². The molecule has 0 amide bonds. The molecule has 2 aromatic rings. The molecule has 0 fully saturated rings. The van der Waals surface area contributed by atoms with Crippen LogP contribution in [0.15, 0.2) is 28.9 Å². The van der Waals surface area contributed by atoms with Crippen molar-refractivity contribution in [3.63, 3.8) is 0 Å². The predicted octanol–water partition coefficient (Wildman–Crippen LogP) is 2.92. The number of likely N-dealkylation sites (N-methyl/N-ethyl adjacent to an activating group) is 1. The smallest absolute Gasteiger partial charge is 0.110 e. The molecule has 18 heavy (non-hydrogen) atoms. The van der Waals surface area contributed by atoms with Crippen molar-refractivity contribution in [2.24, 2.45) is 7.05 Å². The lowest BCUT2D eigenvalue weighted by molar-refractivity contribution is 0.718. The van der Waals surface area contributed by atoms with Gasteiger partial charge in [-0.25, -0.2) is 4.98 Å². The van der Waals surface area contributed by atoms with Crippen LogP contribution in [0.4, 0.5) is 0 Å². The minimum Gasteiger partial charge on any atom is -0.337 e. The van der Waals surface area contributed by atoms with Gasteiger partial charge in [-0.15, -0.1) is 0 Å². The summed E-state index contributed by atoms with van der Waals surface area (Å²) in [5.74, 6) is 1.11. The number of imidazole rings is 1. The van der Waals surface area contributed by atoms with E-state index in [9.17, 15) is 0 Å². The molecular formula is C14H18BrN3. The molecule has 2 rings (SSSR count). The fourth-order valence-corrected chi connectivity index (χ4v) is 2.33. The van der Waals surface area contributed by atoms with Gasteiger partial charge in [0.25, 0.3) is 0 Å². The second kappa shape index (κ2) is 5.67. The van der Waals surface area contributed by atoms with Gasteiger partial charge < -0.3 is 9.88 Å². The second-order valence-electron chi connectivity index (χ2n) is 4.47. The van der Waals surface area contributed by atoms with Crippen molar-refractivity contribution in [2.75, 3.05) is 13.6 Å². The first-order valence-electron chi connectivity index (χ1n) is 6.05. The van der Waals surface area contributed by atoms with Crippen LogP contribution in [0.2, 0.25) is 0 Å². The lowest BCUT2D eigenvalue weighted by Crippen LogP contribution is -2.12. The maximum atomic E-state index is 4.72. The number of aryl methyl sites for hydroxylation is 2. The Bertz CT molecular complexity index is 546. The van der Waals surface area contributed by atoms with Crippen LogP contribution >= 0.6 is 15.9 Å². The van der Waals surface area contributed by atoms with Crippen LogP contribution in [-0.2, 0) is 13.5 Å². The monoisotopic (exact) mass is 307 g/mol. The normalized spacial score (nSPS) is 10.9. The van der Waals surface area contributed by atoms with Gasteiger partial charge in [0.1, 0.15) is 5.82 Å². The third kappa shape index (κ3) is 2.82. The Balaban J connectivity index is 2.36. The minimum atomic E-state index is 0.944. The lowest BCUT2D eigenvalue weighted by atomic mass is 10.1. The molecule has 0 bridgehead atoms. The number of rotatable bonds is 4. The summed E-state index contributed by atoms with van der Waals surface area (Å²) in [6.07, 6.45) is 3.04. The van der Waals surface area contributed by atoms with E-state index in [4.69, 9.17) is 4.98 Å². The first-order valence-corrected chi connectivity index (χ1v) is 6.84. The molecule has 0 saturated heterocycles. The average molecular weight is 308 g/mol. The zero-order valence-corrected chi connectivity index (χ0v) is 12.6. The fraction of sp³-hybridized carbons (Fsp3) is 0.357. The van der Waals surface area contributed by atoms with Gasteiger partial charge in [0.05, 0.1) is 5.69 Å². The molecule has 1 aromatic carbocycles. The number of hydrogen-bond donors (Lipinski definition) is 1. The topological polar surface area (TPSA) is 29.9 Å².